The summed E-state index contributed by atoms with van der Waals surface area (Å²) in [7, 11) is 0. The Kier molecular flexibility index (Phi) is 6.33. The highest BCUT2D eigenvalue weighted by Crippen LogP contribution is 2.29. The molecule has 0 spiro atoms. The van der Waals surface area contributed by atoms with Gasteiger partial charge in [0.15, 0.2) is 5.13 Å². The van der Waals surface area contributed by atoms with Crippen molar-refractivity contribution in [3.8, 4) is 0 Å². The molecule has 0 bridgehead atoms. The summed E-state index contributed by atoms with van der Waals surface area (Å²) in [4.78, 5) is 33.3. The Morgan fingerprint density at radius 2 is 1.87 bits per heavy atom. The summed E-state index contributed by atoms with van der Waals surface area (Å²) >= 11 is 1.32. The highest BCUT2D eigenvalue weighted by atomic mass is 32.1. The summed E-state index contributed by atoms with van der Waals surface area (Å²) in [6, 6.07) is 6.76. The molecule has 158 valence electrons. The van der Waals surface area contributed by atoms with Crippen molar-refractivity contribution in [3.05, 3.63) is 64.7 Å². The van der Waals surface area contributed by atoms with Crippen molar-refractivity contribution < 1.29 is 14.3 Å². The van der Waals surface area contributed by atoms with E-state index in [2.05, 4.69) is 15.3 Å². The van der Waals surface area contributed by atoms with Crippen LogP contribution in [0, 0.1) is 0 Å². The van der Waals surface area contributed by atoms with Crippen LogP contribution in [0.15, 0.2) is 42.0 Å². The Labute approximate surface area is 179 Å². The second-order valence-electron chi connectivity index (χ2n) is 7.58. The fourth-order valence-corrected chi connectivity index (χ4v) is 4.00. The number of anilines is 1. The van der Waals surface area contributed by atoms with Crippen LogP contribution in [0.5, 0.6) is 0 Å². The Morgan fingerprint density at radius 1 is 1.20 bits per heavy atom. The van der Waals surface area contributed by atoms with Gasteiger partial charge in [-0.1, -0.05) is 0 Å². The lowest BCUT2D eigenvalue weighted by Gasteiger charge is -2.25. The summed E-state index contributed by atoms with van der Waals surface area (Å²) < 4.78 is 7.50. The number of aromatic nitrogens is 3. The predicted octanol–water partition coefficient (Wildman–Crippen LogP) is 3.40. The van der Waals surface area contributed by atoms with Gasteiger partial charge in [-0.25, -0.2) is 4.98 Å². The van der Waals surface area contributed by atoms with Crippen LogP contribution in [0.1, 0.15) is 59.9 Å². The van der Waals surface area contributed by atoms with Gasteiger partial charge < -0.3 is 15.0 Å². The normalized spacial score (nSPS) is 11.6. The maximum absolute atomic E-state index is 12.9. The Bertz CT molecular complexity index is 1040. The zero-order valence-electron chi connectivity index (χ0n) is 17.4. The van der Waals surface area contributed by atoms with Gasteiger partial charge in [0.25, 0.3) is 11.8 Å². The molecule has 3 N–H and O–H groups in total. The first-order valence-corrected chi connectivity index (χ1v) is 10.4. The molecule has 0 unspecified atom stereocenters. The molecule has 0 saturated heterocycles. The molecule has 3 aromatic rings. The van der Waals surface area contributed by atoms with Gasteiger partial charge in [-0.3, -0.25) is 19.9 Å². The van der Waals surface area contributed by atoms with Crippen molar-refractivity contribution >= 4 is 28.3 Å². The van der Waals surface area contributed by atoms with E-state index in [1.807, 2.05) is 45.2 Å². The molecule has 0 aliphatic heterocycles. The molecular formula is C21H25N5O3S. The van der Waals surface area contributed by atoms with Gasteiger partial charge in [0.05, 0.1) is 11.8 Å². The molecular weight excluding hydrogens is 402 g/mol. The second kappa shape index (κ2) is 8.76. The molecule has 3 aromatic heterocycles. The molecule has 0 radical (unpaired) electrons. The van der Waals surface area contributed by atoms with Crippen LogP contribution in [0.4, 0.5) is 5.13 Å². The molecule has 0 atom stereocenters. The van der Waals surface area contributed by atoms with E-state index in [0.717, 1.165) is 11.3 Å². The van der Waals surface area contributed by atoms with E-state index in [1.54, 1.807) is 29.1 Å². The fourth-order valence-electron chi connectivity index (χ4n) is 3.14. The number of ether oxygens (including phenoxy) is 1. The molecule has 0 aliphatic rings. The summed E-state index contributed by atoms with van der Waals surface area (Å²) in [6.07, 6.45) is 3.35. The van der Waals surface area contributed by atoms with Gasteiger partial charge in [-0.05, 0) is 57.5 Å². The summed E-state index contributed by atoms with van der Waals surface area (Å²) in [5, 5.41) is 5.13. The van der Waals surface area contributed by atoms with Crippen LogP contribution in [0.3, 0.4) is 0 Å². The number of pyridine rings is 1. The number of hydrogen-bond donors (Lipinski definition) is 2. The van der Waals surface area contributed by atoms with Crippen molar-refractivity contribution in [1.29, 1.82) is 0 Å². The number of amides is 2. The van der Waals surface area contributed by atoms with E-state index in [4.69, 9.17) is 10.5 Å². The Balaban J connectivity index is 1.83. The second-order valence-corrected chi connectivity index (χ2v) is 8.44. The molecule has 3 rings (SSSR count). The number of carbonyl (C=O) groups is 2. The zero-order valence-corrected chi connectivity index (χ0v) is 18.2. The summed E-state index contributed by atoms with van der Waals surface area (Å²) in [5.41, 5.74) is 7.12. The van der Waals surface area contributed by atoms with E-state index >= 15 is 0 Å². The van der Waals surface area contributed by atoms with Gasteiger partial charge in [0, 0.05) is 24.3 Å². The van der Waals surface area contributed by atoms with Crippen molar-refractivity contribution in [1.82, 2.24) is 14.5 Å². The molecule has 9 heteroatoms. The number of nitrogens with zero attached hydrogens (tertiary/aromatic N) is 3. The van der Waals surface area contributed by atoms with E-state index < -0.39 is 11.5 Å². The summed E-state index contributed by atoms with van der Waals surface area (Å²) in [6.45, 7) is 8.11. The maximum Gasteiger partial charge on any atom is 0.274 e. The first-order chi connectivity index (χ1) is 14.2. The number of nitrogens with two attached hydrogens (primary N) is 1. The first-order valence-electron chi connectivity index (χ1n) is 9.51. The number of nitrogens with one attached hydrogen (secondary N) is 1. The topological polar surface area (TPSA) is 112 Å². The number of carbonyl (C=O) groups excluding carboxylic acids is 2. The van der Waals surface area contributed by atoms with Crippen LogP contribution in [0.25, 0.3) is 0 Å². The third-order valence-corrected chi connectivity index (χ3v) is 5.19. The van der Waals surface area contributed by atoms with Gasteiger partial charge in [-0.15, -0.1) is 11.3 Å². The molecule has 0 saturated carbocycles. The van der Waals surface area contributed by atoms with Gasteiger partial charge in [-0.2, -0.15) is 0 Å². The number of primary amides is 1. The third kappa shape index (κ3) is 4.92. The minimum atomic E-state index is -0.604. The standard InChI is InChI=1S/C21H25N5O3S/c1-13(2)29-21(3,4)17-12-30-20(24-17)25-19(28)16-6-5-15(18(22)27)26(16)11-14-7-9-23-10-8-14/h5-10,12-13H,11H2,1-4H3,(H2,22,27)(H,24,25,28). The SMILES string of the molecule is CC(C)OC(C)(C)c1csc(NC(=O)c2ccc(C(N)=O)n2Cc2ccncc2)n1. The van der Waals surface area contributed by atoms with Crippen LogP contribution < -0.4 is 11.1 Å². The highest BCUT2D eigenvalue weighted by molar-refractivity contribution is 7.14. The lowest BCUT2D eigenvalue weighted by molar-refractivity contribution is -0.0623. The number of hydrogen-bond acceptors (Lipinski definition) is 6. The number of thiazole rings is 1. The third-order valence-electron chi connectivity index (χ3n) is 4.43. The average Bonchev–Trinajstić information content (AvgIpc) is 3.29. The molecule has 0 aromatic carbocycles. The highest BCUT2D eigenvalue weighted by Gasteiger charge is 2.26. The van der Waals surface area contributed by atoms with Gasteiger partial charge in [0.1, 0.15) is 17.0 Å². The monoisotopic (exact) mass is 427 g/mol. The Morgan fingerprint density at radius 3 is 2.50 bits per heavy atom. The van der Waals surface area contributed by atoms with E-state index in [0.29, 0.717) is 17.4 Å². The zero-order chi connectivity index (χ0) is 21.9. The van der Waals surface area contributed by atoms with Gasteiger partial charge in [0.2, 0.25) is 0 Å². The van der Waals surface area contributed by atoms with Crippen LogP contribution >= 0.6 is 11.3 Å². The largest absolute Gasteiger partial charge is 0.367 e. The molecule has 3 heterocycles. The summed E-state index contributed by atoms with van der Waals surface area (Å²) in [5.74, 6) is -0.979. The van der Waals surface area contributed by atoms with E-state index in [-0.39, 0.29) is 17.7 Å². The minimum Gasteiger partial charge on any atom is -0.367 e. The maximum atomic E-state index is 12.9. The smallest absolute Gasteiger partial charge is 0.274 e. The van der Waals surface area contributed by atoms with Crippen LogP contribution in [-0.4, -0.2) is 32.5 Å². The lowest BCUT2D eigenvalue weighted by atomic mass is 10.1. The minimum absolute atomic E-state index is 0.0448. The Hall–Kier alpha value is -3.04. The van der Waals surface area contributed by atoms with E-state index in [9.17, 15) is 9.59 Å². The molecule has 0 fully saturated rings. The molecule has 8 nitrogen and oxygen atoms in total. The first kappa shape index (κ1) is 21.7. The van der Waals surface area contributed by atoms with Crippen LogP contribution in [-0.2, 0) is 16.9 Å². The molecule has 0 aliphatic carbocycles. The average molecular weight is 428 g/mol. The van der Waals surface area contributed by atoms with Crippen molar-refractivity contribution in [2.45, 2.75) is 45.9 Å². The molecule has 2 amide bonds. The lowest BCUT2D eigenvalue weighted by Crippen LogP contribution is -2.26. The quantitative estimate of drug-likeness (QED) is 0.572. The molecule has 30 heavy (non-hydrogen) atoms. The predicted molar refractivity (Wildman–Crippen MR) is 116 cm³/mol. The fraction of sp³-hybridized carbons (Fsp3) is 0.333. The van der Waals surface area contributed by atoms with Crippen LogP contribution in [0.2, 0.25) is 0 Å². The van der Waals surface area contributed by atoms with Crippen molar-refractivity contribution in [2.75, 3.05) is 5.32 Å². The van der Waals surface area contributed by atoms with E-state index in [1.165, 1.54) is 11.3 Å². The van der Waals surface area contributed by atoms with Crippen molar-refractivity contribution in [2.24, 2.45) is 5.73 Å². The van der Waals surface area contributed by atoms with Gasteiger partial charge >= 0.3 is 0 Å². The number of rotatable bonds is 8. The van der Waals surface area contributed by atoms with Crippen molar-refractivity contribution in [3.63, 3.8) is 0 Å².